The Labute approximate surface area is 145 Å². The summed E-state index contributed by atoms with van der Waals surface area (Å²) in [5.74, 6) is 1.73. The maximum Gasteiger partial charge on any atom is 0.193 e. The number of nitrogens with one attached hydrogen (secondary N) is 1. The highest BCUT2D eigenvalue weighted by molar-refractivity contribution is 5.81. The molecule has 136 valence electrons. The molecule has 6 nitrogen and oxygen atoms in total. The van der Waals surface area contributed by atoms with E-state index in [-0.39, 0.29) is 5.41 Å². The van der Waals surface area contributed by atoms with Gasteiger partial charge < -0.3 is 19.7 Å². The van der Waals surface area contributed by atoms with Gasteiger partial charge in [-0.3, -0.25) is 9.89 Å². The van der Waals surface area contributed by atoms with Gasteiger partial charge in [0.05, 0.1) is 19.3 Å². The first-order valence-electron chi connectivity index (χ1n) is 9.53. The highest BCUT2D eigenvalue weighted by Crippen LogP contribution is 2.52. The van der Waals surface area contributed by atoms with Crippen molar-refractivity contribution >= 4 is 5.96 Å². The predicted octanol–water partition coefficient (Wildman–Crippen LogP) is 0.782. The lowest BCUT2D eigenvalue weighted by Crippen LogP contribution is -2.68. The Hall–Kier alpha value is -0.850. The molecular formula is C18H32N4O2. The van der Waals surface area contributed by atoms with E-state index in [1.807, 2.05) is 7.05 Å². The molecule has 0 aromatic rings. The van der Waals surface area contributed by atoms with Crippen LogP contribution >= 0.6 is 0 Å². The summed E-state index contributed by atoms with van der Waals surface area (Å²) in [6, 6.07) is 1.12. The largest absolute Gasteiger partial charge is 0.379 e. The van der Waals surface area contributed by atoms with Gasteiger partial charge in [0.2, 0.25) is 0 Å². The van der Waals surface area contributed by atoms with Gasteiger partial charge in [-0.15, -0.1) is 0 Å². The van der Waals surface area contributed by atoms with Crippen molar-refractivity contribution in [3.8, 4) is 0 Å². The van der Waals surface area contributed by atoms with E-state index in [0.717, 1.165) is 52.0 Å². The third-order valence-corrected chi connectivity index (χ3v) is 6.62. The quantitative estimate of drug-likeness (QED) is 0.597. The van der Waals surface area contributed by atoms with Crippen LogP contribution in [-0.2, 0) is 9.47 Å². The van der Waals surface area contributed by atoms with Gasteiger partial charge in [0.15, 0.2) is 5.96 Å². The monoisotopic (exact) mass is 336 g/mol. The molecule has 1 N–H and O–H groups in total. The van der Waals surface area contributed by atoms with E-state index in [0.29, 0.717) is 24.1 Å². The lowest BCUT2D eigenvalue weighted by Gasteiger charge is -2.55. The SMILES string of the molecule is CN=C(NC1C2CCOC2C1(C)C)N1CCC(N2CCOCC2)C1. The number of ether oxygens (including phenoxy) is 2. The van der Waals surface area contributed by atoms with Gasteiger partial charge in [-0.2, -0.15) is 0 Å². The van der Waals surface area contributed by atoms with Gasteiger partial charge in [0.25, 0.3) is 0 Å². The molecule has 0 radical (unpaired) electrons. The molecule has 3 heterocycles. The molecule has 0 aromatic carbocycles. The molecule has 0 spiro atoms. The van der Waals surface area contributed by atoms with Crippen LogP contribution in [0.25, 0.3) is 0 Å². The third kappa shape index (κ3) is 2.72. The van der Waals surface area contributed by atoms with Crippen LogP contribution in [-0.4, -0.2) is 87.0 Å². The van der Waals surface area contributed by atoms with Crippen LogP contribution in [0.1, 0.15) is 26.7 Å². The molecule has 1 aliphatic carbocycles. The second kappa shape index (κ2) is 6.46. The van der Waals surface area contributed by atoms with Crippen molar-refractivity contribution < 1.29 is 9.47 Å². The second-order valence-electron chi connectivity index (χ2n) is 8.27. The number of morpholine rings is 1. The summed E-state index contributed by atoms with van der Waals surface area (Å²) in [5.41, 5.74) is 0.195. The Morgan fingerprint density at radius 3 is 2.67 bits per heavy atom. The zero-order valence-electron chi connectivity index (χ0n) is 15.3. The molecule has 4 unspecified atom stereocenters. The molecule has 0 amide bonds. The van der Waals surface area contributed by atoms with Crippen LogP contribution in [0.3, 0.4) is 0 Å². The number of aliphatic imine (C=N–C) groups is 1. The van der Waals surface area contributed by atoms with Crippen molar-refractivity contribution in [2.45, 2.75) is 44.9 Å². The fourth-order valence-electron chi connectivity index (χ4n) is 5.23. The topological polar surface area (TPSA) is 49.3 Å². The molecule has 4 atom stereocenters. The Bertz CT molecular complexity index is 489. The van der Waals surface area contributed by atoms with Crippen molar-refractivity contribution in [1.29, 1.82) is 0 Å². The Morgan fingerprint density at radius 2 is 1.92 bits per heavy atom. The Kier molecular flexibility index (Phi) is 4.47. The molecule has 0 aromatic heterocycles. The maximum atomic E-state index is 5.92. The summed E-state index contributed by atoms with van der Waals surface area (Å²) in [5, 5.41) is 3.78. The first kappa shape index (κ1) is 16.6. The van der Waals surface area contributed by atoms with Gasteiger partial charge in [-0.25, -0.2) is 0 Å². The van der Waals surface area contributed by atoms with E-state index in [1.54, 1.807) is 0 Å². The van der Waals surface area contributed by atoms with Crippen LogP contribution in [0.4, 0.5) is 0 Å². The number of rotatable bonds is 2. The van der Waals surface area contributed by atoms with Gasteiger partial charge in [-0.05, 0) is 12.8 Å². The summed E-state index contributed by atoms with van der Waals surface area (Å²) in [4.78, 5) is 9.63. The van der Waals surface area contributed by atoms with Gasteiger partial charge in [0, 0.05) is 63.3 Å². The summed E-state index contributed by atoms with van der Waals surface area (Å²) in [6.07, 6.45) is 2.83. The molecule has 4 aliphatic rings. The molecule has 0 bridgehead atoms. The fraction of sp³-hybridized carbons (Fsp3) is 0.944. The summed E-state index contributed by atoms with van der Waals surface area (Å²) in [6.45, 7) is 11.6. The fourth-order valence-corrected chi connectivity index (χ4v) is 5.23. The van der Waals surface area contributed by atoms with Crippen LogP contribution in [0.5, 0.6) is 0 Å². The normalized spacial score (nSPS) is 39.6. The van der Waals surface area contributed by atoms with Crippen LogP contribution < -0.4 is 5.32 Å². The van der Waals surface area contributed by atoms with E-state index in [2.05, 4.69) is 34.0 Å². The van der Waals surface area contributed by atoms with Gasteiger partial charge >= 0.3 is 0 Å². The van der Waals surface area contributed by atoms with Crippen molar-refractivity contribution in [1.82, 2.24) is 15.1 Å². The minimum absolute atomic E-state index is 0.195. The first-order chi connectivity index (χ1) is 11.6. The van der Waals surface area contributed by atoms with E-state index < -0.39 is 0 Å². The number of nitrogens with zero attached hydrogens (tertiary/aromatic N) is 3. The predicted molar refractivity (Wildman–Crippen MR) is 94.3 cm³/mol. The van der Waals surface area contributed by atoms with Crippen molar-refractivity contribution in [2.24, 2.45) is 16.3 Å². The van der Waals surface area contributed by atoms with Crippen LogP contribution in [0, 0.1) is 11.3 Å². The number of hydrogen-bond acceptors (Lipinski definition) is 4. The summed E-state index contributed by atoms with van der Waals surface area (Å²) in [7, 11) is 1.92. The number of hydrogen-bond donors (Lipinski definition) is 1. The zero-order chi connectivity index (χ0) is 16.7. The van der Waals surface area contributed by atoms with E-state index >= 15 is 0 Å². The molecule has 4 fully saturated rings. The van der Waals surface area contributed by atoms with Crippen molar-refractivity contribution in [3.05, 3.63) is 0 Å². The Balaban J connectivity index is 1.36. The highest BCUT2D eigenvalue weighted by atomic mass is 16.5. The van der Waals surface area contributed by atoms with E-state index in [9.17, 15) is 0 Å². The molecule has 1 saturated carbocycles. The Morgan fingerprint density at radius 1 is 1.12 bits per heavy atom. The standard InChI is InChI=1S/C18H32N4O2/c1-18(2)15(14-5-9-24-16(14)18)20-17(19-3)22-6-4-13(12-22)21-7-10-23-11-8-21/h13-16H,4-12H2,1-3H3,(H,19,20). The average molecular weight is 336 g/mol. The molecular weight excluding hydrogens is 304 g/mol. The molecule has 4 rings (SSSR count). The number of likely N-dealkylation sites (tertiary alicyclic amines) is 1. The molecule has 3 aliphatic heterocycles. The third-order valence-electron chi connectivity index (χ3n) is 6.62. The second-order valence-corrected chi connectivity index (χ2v) is 8.27. The zero-order valence-corrected chi connectivity index (χ0v) is 15.3. The van der Waals surface area contributed by atoms with Gasteiger partial charge in [0.1, 0.15) is 0 Å². The lowest BCUT2D eigenvalue weighted by atomic mass is 9.57. The van der Waals surface area contributed by atoms with Crippen molar-refractivity contribution in [3.63, 3.8) is 0 Å². The molecule has 3 saturated heterocycles. The number of guanidine groups is 1. The van der Waals surface area contributed by atoms with Crippen molar-refractivity contribution in [2.75, 3.05) is 53.0 Å². The molecule has 24 heavy (non-hydrogen) atoms. The van der Waals surface area contributed by atoms with Crippen LogP contribution in [0.15, 0.2) is 4.99 Å². The highest BCUT2D eigenvalue weighted by Gasteiger charge is 2.59. The summed E-state index contributed by atoms with van der Waals surface area (Å²) < 4.78 is 11.4. The lowest BCUT2D eigenvalue weighted by molar-refractivity contribution is -0.107. The maximum absolute atomic E-state index is 5.92. The number of fused-ring (bicyclic) bond motifs is 1. The minimum atomic E-state index is 0.195. The van der Waals surface area contributed by atoms with E-state index in [1.165, 1.54) is 12.8 Å². The van der Waals surface area contributed by atoms with Crippen LogP contribution in [0.2, 0.25) is 0 Å². The van der Waals surface area contributed by atoms with E-state index in [4.69, 9.17) is 9.47 Å². The summed E-state index contributed by atoms with van der Waals surface area (Å²) >= 11 is 0. The first-order valence-corrected chi connectivity index (χ1v) is 9.53. The van der Waals surface area contributed by atoms with Gasteiger partial charge in [-0.1, -0.05) is 13.8 Å². The smallest absolute Gasteiger partial charge is 0.193 e. The average Bonchev–Trinajstić information content (AvgIpc) is 3.25. The minimum Gasteiger partial charge on any atom is -0.379 e. The molecule has 6 heteroatoms.